The molecule has 0 saturated heterocycles. The average Bonchev–Trinajstić information content (AvgIpc) is 2.64. The first-order chi connectivity index (χ1) is 7.18. The molecular formula is C11H7ClO2S. The van der Waals surface area contributed by atoms with Gasteiger partial charge in [0.05, 0.1) is 15.5 Å². The second-order valence-electron chi connectivity index (χ2n) is 2.98. The molecule has 0 spiro atoms. The fraction of sp³-hybridized carbons (Fsp3) is 0. The first kappa shape index (κ1) is 10.2. The molecule has 0 aliphatic heterocycles. The molecule has 1 aromatic heterocycles. The fourth-order valence-corrected chi connectivity index (χ4v) is 2.46. The minimum Gasteiger partial charge on any atom is -0.478 e. The quantitative estimate of drug-likeness (QED) is 0.865. The number of aromatic carboxylic acids is 1. The number of hydrogen-bond donors (Lipinski definition) is 1. The Bertz CT molecular complexity index is 505. The topological polar surface area (TPSA) is 37.3 Å². The van der Waals surface area contributed by atoms with Crippen LogP contribution in [0, 0.1) is 0 Å². The SMILES string of the molecule is O=C(O)c1cccc(-c2sccc2Cl)c1. The molecule has 2 aromatic rings. The molecule has 1 heterocycles. The van der Waals surface area contributed by atoms with Crippen molar-refractivity contribution >= 4 is 28.9 Å². The van der Waals surface area contributed by atoms with Gasteiger partial charge in [0.25, 0.3) is 0 Å². The zero-order valence-corrected chi connectivity index (χ0v) is 9.18. The van der Waals surface area contributed by atoms with Crippen LogP contribution in [0.1, 0.15) is 10.4 Å². The van der Waals surface area contributed by atoms with Gasteiger partial charge in [-0.2, -0.15) is 0 Å². The first-order valence-corrected chi connectivity index (χ1v) is 5.51. The van der Waals surface area contributed by atoms with Crippen LogP contribution in [0.25, 0.3) is 10.4 Å². The maximum atomic E-state index is 10.8. The standard InChI is InChI=1S/C11H7ClO2S/c12-9-4-5-15-10(9)7-2-1-3-8(6-7)11(13)14/h1-6H,(H,13,14). The molecule has 1 aromatic carbocycles. The van der Waals surface area contributed by atoms with E-state index in [0.29, 0.717) is 5.02 Å². The van der Waals surface area contributed by atoms with Crippen molar-refractivity contribution in [3.63, 3.8) is 0 Å². The van der Waals surface area contributed by atoms with E-state index in [0.717, 1.165) is 10.4 Å². The van der Waals surface area contributed by atoms with E-state index in [1.807, 2.05) is 11.4 Å². The second-order valence-corrected chi connectivity index (χ2v) is 4.31. The molecule has 0 aliphatic carbocycles. The Balaban J connectivity index is 2.50. The van der Waals surface area contributed by atoms with Crippen molar-refractivity contribution in [3.8, 4) is 10.4 Å². The molecule has 0 radical (unpaired) electrons. The summed E-state index contributed by atoms with van der Waals surface area (Å²) in [5, 5.41) is 11.4. The molecule has 4 heteroatoms. The van der Waals surface area contributed by atoms with E-state index in [-0.39, 0.29) is 5.56 Å². The highest BCUT2D eigenvalue weighted by atomic mass is 35.5. The molecule has 2 rings (SSSR count). The Morgan fingerprint density at radius 2 is 2.13 bits per heavy atom. The van der Waals surface area contributed by atoms with Gasteiger partial charge in [-0.25, -0.2) is 4.79 Å². The predicted molar refractivity (Wildman–Crippen MR) is 61.7 cm³/mol. The maximum Gasteiger partial charge on any atom is 0.335 e. The summed E-state index contributed by atoms with van der Waals surface area (Å²) in [6.07, 6.45) is 0. The van der Waals surface area contributed by atoms with Crippen molar-refractivity contribution in [3.05, 3.63) is 46.3 Å². The second kappa shape index (κ2) is 4.04. The molecule has 1 N–H and O–H groups in total. The third-order valence-electron chi connectivity index (χ3n) is 1.99. The van der Waals surface area contributed by atoms with E-state index in [1.165, 1.54) is 11.3 Å². The van der Waals surface area contributed by atoms with Gasteiger partial charge in [-0.05, 0) is 29.1 Å². The lowest BCUT2D eigenvalue weighted by Gasteiger charge is -2.00. The van der Waals surface area contributed by atoms with Crippen LogP contribution < -0.4 is 0 Å². The number of halogens is 1. The van der Waals surface area contributed by atoms with E-state index < -0.39 is 5.97 Å². The van der Waals surface area contributed by atoms with Crippen molar-refractivity contribution in [2.45, 2.75) is 0 Å². The summed E-state index contributed by atoms with van der Waals surface area (Å²) in [7, 11) is 0. The molecule has 0 amide bonds. The average molecular weight is 239 g/mol. The summed E-state index contributed by atoms with van der Waals surface area (Å²) < 4.78 is 0. The van der Waals surface area contributed by atoms with Crippen molar-refractivity contribution in [2.24, 2.45) is 0 Å². The monoisotopic (exact) mass is 238 g/mol. The third kappa shape index (κ3) is 2.03. The normalized spacial score (nSPS) is 10.2. The molecule has 0 aliphatic rings. The van der Waals surface area contributed by atoms with E-state index in [2.05, 4.69) is 0 Å². The van der Waals surface area contributed by atoms with Gasteiger partial charge in [0, 0.05) is 0 Å². The largest absolute Gasteiger partial charge is 0.478 e. The Morgan fingerprint density at radius 3 is 2.73 bits per heavy atom. The molecule has 0 saturated carbocycles. The Labute approximate surface area is 95.8 Å². The smallest absolute Gasteiger partial charge is 0.335 e. The number of thiophene rings is 1. The van der Waals surface area contributed by atoms with Crippen molar-refractivity contribution < 1.29 is 9.90 Å². The molecular weight excluding hydrogens is 232 g/mol. The zero-order chi connectivity index (χ0) is 10.8. The van der Waals surface area contributed by atoms with Gasteiger partial charge >= 0.3 is 5.97 Å². The molecule has 0 fully saturated rings. The summed E-state index contributed by atoms with van der Waals surface area (Å²) in [6.45, 7) is 0. The number of carboxylic acid groups (broad SMARTS) is 1. The first-order valence-electron chi connectivity index (χ1n) is 4.25. The van der Waals surface area contributed by atoms with Crippen molar-refractivity contribution in [1.82, 2.24) is 0 Å². The number of carbonyl (C=O) groups is 1. The molecule has 15 heavy (non-hydrogen) atoms. The van der Waals surface area contributed by atoms with Crippen LogP contribution in [0.4, 0.5) is 0 Å². The van der Waals surface area contributed by atoms with Gasteiger partial charge in [0.15, 0.2) is 0 Å². The number of hydrogen-bond acceptors (Lipinski definition) is 2. The molecule has 0 atom stereocenters. The lowest BCUT2D eigenvalue weighted by atomic mass is 10.1. The minimum absolute atomic E-state index is 0.275. The highest BCUT2D eigenvalue weighted by Gasteiger charge is 2.08. The summed E-state index contributed by atoms with van der Waals surface area (Å²) in [5.74, 6) is -0.926. The Hall–Kier alpha value is -1.32. The van der Waals surface area contributed by atoms with E-state index in [4.69, 9.17) is 16.7 Å². The van der Waals surface area contributed by atoms with Gasteiger partial charge < -0.3 is 5.11 Å². The molecule has 0 unspecified atom stereocenters. The number of rotatable bonds is 2. The molecule has 0 bridgehead atoms. The third-order valence-corrected chi connectivity index (χ3v) is 3.38. The number of carboxylic acids is 1. The summed E-state index contributed by atoms with van der Waals surface area (Å²) in [5.41, 5.74) is 1.12. The van der Waals surface area contributed by atoms with Gasteiger partial charge in [0.1, 0.15) is 0 Å². The van der Waals surface area contributed by atoms with Crippen molar-refractivity contribution in [1.29, 1.82) is 0 Å². The zero-order valence-electron chi connectivity index (χ0n) is 7.61. The van der Waals surface area contributed by atoms with Gasteiger partial charge in [0.2, 0.25) is 0 Å². The van der Waals surface area contributed by atoms with Crippen LogP contribution in [0.3, 0.4) is 0 Å². The van der Waals surface area contributed by atoms with E-state index >= 15 is 0 Å². The molecule has 2 nitrogen and oxygen atoms in total. The van der Waals surface area contributed by atoms with E-state index in [9.17, 15) is 4.79 Å². The van der Waals surface area contributed by atoms with Gasteiger partial charge in [-0.3, -0.25) is 0 Å². The van der Waals surface area contributed by atoms with Crippen LogP contribution in [-0.4, -0.2) is 11.1 Å². The number of benzene rings is 1. The lowest BCUT2D eigenvalue weighted by Crippen LogP contribution is -1.95. The Kier molecular flexibility index (Phi) is 2.75. The van der Waals surface area contributed by atoms with Crippen molar-refractivity contribution in [2.75, 3.05) is 0 Å². The van der Waals surface area contributed by atoms with Gasteiger partial charge in [-0.1, -0.05) is 23.7 Å². The lowest BCUT2D eigenvalue weighted by molar-refractivity contribution is 0.0697. The van der Waals surface area contributed by atoms with Crippen LogP contribution in [0.5, 0.6) is 0 Å². The summed E-state index contributed by atoms with van der Waals surface area (Å²) >= 11 is 7.47. The van der Waals surface area contributed by atoms with Crippen LogP contribution >= 0.6 is 22.9 Å². The fourth-order valence-electron chi connectivity index (χ4n) is 1.29. The van der Waals surface area contributed by atoms with Crippen LogP contribution in [0.15, 0.2) is 35.7 Å². The summed E-state index contributed by atoms with van der Waals surface area (Å²) in [6, 6.07) is 8.56. The Morgan fingerprint density at radius 1 is 1.33 bits per heavy atom. The minimum atomic E-state index is -0.926. The highest BCUT2D eigenvalue weighted by Crippen LogP contribution is 2.33. The predicted octanol–water partition coefficient (Wildman–Crippen LogP) is 3.77. The highest BCUT2D eigenvalue weighted by molar-refractivity contribution is 7.14. The summed E-state index contributed by atoms with van der Waals surface area (Å²) in [4.78, 5) is 11.7. The van der Waals surface area contributed by atoms with Gasteiger partial charge in [-0.15, -0.1) is 11.3 Å². The maximum absolute atomic E-state index is 10.8. The van der Waals surface area contributed by atoms with Crippen LogP contribution in [-0.2, 0) is 0 Å². The van der Waals surface area contributed by atoms with Crippen LogP contribution in [0.2, 0.25) is 5.02 Å². The molecule has 76 valence electrons. The van der Waals surface area contributed by atoms with E-state index in [1.54, 1.807) is 24.3 Å².